The quantitative estimate of drug-likeness (QED) is 0.240. The molecule has 0 aliphatic rings. The highest BCUT2D eigenvalue weighted by Gasteiger charge is 2.18. The van der Waals surface area contributed by atoms with Gasteiger partial charge in [0.05, 0.1) is 23.4 Å². The van der Waals surface area contributed by atoms with Gasteiger partial charge in [-0.1, -0.05) is 29.3 Å². The van der Waals surface area contributed by atoms with Crippen molar-refractivity contribution < 1.29 is 14.5 Å². The number of hydrogen-bond donors (Lipinski definition) is 1. The van der Waals surface area contributed by atoms with Crippen LogP contribution in [0, 0.1) is 10.1 Å². The van der Waals surface area contributed by atoms with Crippen molar-refractivity contribution in [1.82, 2.24) is 15.1 Å². The molecule has 1 heterocycles. The Morgan fingerprint density at radius 1 is 1.06 bits per heavy atom. The van der Waals surface area contributed by atoms with Gasteiger partial charge in [-0.3, -0.25) is 14.9 Å². The highest BCUT2D eigenvalue weighted by atomic mass is 35.5. The molecule has 0 aliphatic carbocycles. The number of carbonyl (C=O) groups is 1. The van der Waals surface area contributed by atoms with Gasteiger partial charge in [0.25, 0.3) is 11.6 Å². The van der Waals surface area contributed by atoms with Gasteiger partial charge in [-0.2, -0.15) is 5.10 Å². The molecule has 3 aromatic carbocycles. The first kappa shape index (κ1) is 24.3. The number of halogens is 2. The number of nitro benzene ring substituents is 1. The zero-order chi connectivity index (χ0) is 24.9. The number of nitro groups is 1. The summed E-state index contributed by atoms with van der Waals surface area (Å²) in [4.78, 5) is 23.7. The van der Waals surface area contributed by atoms with E-state index in [1.54, 1.807) is 49.6 Å². The normalized spacial score (nSPS) is 10.7. The van der Waals surface area contributed by atoms with E-state index in [0.29, 0.717) is 40.1 Å². The molecule has 0 saturated carbocycles. The van der Waals surface area contributed by atoms with Crippen LogP contribution in [0.4, 0.5) is 5.69 Å². The summed E-state index contributed by atoms with van der Waals surface area (Å²) in [6.45, 7) is 0.337. The van der Waals surface area contributed by atoms with E-state index >= 15 is 0 Å². The SMILES string of the molecule is COc1ccc(-c2cc(C(=O)NCCc3ccc(Cl)cc3Cl)n(-c3ccc([N+](=O)[O-])cc3)n2)cc1. The molecule has 0 aliphatic heterocycles. The van der Waals surface area contributed by atoms with Crippen LogP contribution in [-0.2, 0) is 6.42 Å². The molecule has 0 spiro atoms. The van der Waals surface area contributed by atoms with E-state index in [9.17, 15) is 14.9 Å². The fourth-order valence-electron chi connectivity index (χ4n) is 3.48. The van der Waals surface area contributed by atoms with Gasteiger partial charge in [-0.25, -0.2) is 4.68 Å². The molecular weight excluding hydrogens is 491 g/mol. The van der Waals surface area contributed by atoms with Crippen LogP contribution in [0.1, 0.15) is 16.1 Å². The Bertz CT molecular complexity index is 1370. The maximum absolute atomic E-state index is 13.1. The Morgan fingerprint density at radius 2 is 1.77 bits per heavy atom. The van der Waals surface area contributed by atoms with Gasteiger partial charge in [0.2, 0.25) is 0 Å². The Hall–Kier alpha value is -3.88. The highest BCUT2D eigenvalue weighted by Crippen LogP contribution is 2.25. The number of amides is 1. The molecule has 0 unspecified atom stereocenters. The van der Waals surface area contributed by atoms with Crippen LogP contribution < -0.4 is 10.1 Å². The average molecular weight is 511 g/mol. The fraction of sp³-hybridized carbons (Fsp3) is 0.120. The topological polar surface area (TPSA) is 99.3 Å². The molecule has 0 saturated heterocycles. The minimum Gasteiger partial charge on any atom is -0.497 e. The van der Waals surface area contributed by atoms with Crippen LogP contribution in [0.25, 0.3) is 16.9 Å². The fourth-order valence-corrected chi connectivity index (χ4v) is 3.99. The van der Waals surface area contributed by atoms with Gasteiger partial charge < -0.3 is 10.1 Å². The van der Waals surface area contributed by atoms with Crippen LogP contribution >= 0.6 is 23.2 Å². The number of benzene rings is 3. The predicted octanol–water partition coefficient (Wildman–Crippen LogP) is 5.74. The first-order valence-electron chi connectivity index (χ1n) is 10.6. The molecule has 1 aromatic heterocycles. The number of non-ortho nitro benzene ring substituents is 1. The monoisotopic (exact) mass is 510 g/mol. The molecule has 4 rings (SSSR count). The summed E-state index contributed by atoms with van der Waals surface area (Å²) in [6.07, 6.45) is 0.513. The van der Waals surface area contributed by atoms with Gasteiger partial charge in [-0.15, -0.1) is 0 Å². The molecule has 35 heavy (non-hydrogen) atoms. The molecule has 178 valence electrons. The first-order valence-corrected chi connectivity index (χ1v) is 11.3. The summed E-state index contributed by atoms with van der Waals surface area (Å²) in [7, 11) is 1.58. The van der Waals surface area contributed by atoms with Gasteiger partial charge in [0.15, 0.2) is 0 Å². The number of carbonyl (C=O) groups excluding carboxylic acids is 1. The van der Waals surface area contributed by atoms with E-state index in [1.165, 1.54) is 16.8 Å². The van der Waals surface area contributed by atoms with Crippen molar-refractivity contribution in [2.24, 2.45) is 0 Å². The molecule has 0 radical (unpaired) electrons. The number of hydrogen-bond acceptors (Lipinski definition) is 5. The molecule has 0 atom stereocenters. The Labute approximate surface area is 211 Å². The molecule has 1 amide bonds. The molecule has 8 nitrogen and oxygen atoms in total. The van der Waals surface area contributed by atoms with E-state index < -0.39 is 4.92 Å². The van der Waals surface area contributed by atoms with Crippen molar-refractivity contribution in [2.45, 2.75) is 6.42 Å². The van der Waals surface area contributed by atoms with E-state index in [2.05, 4.69) is 10.4 Å². The lowest BCUT2D eigenvalue weighted by atomic mass is 10.1. The lowest BCUT2D eigenvalue weighted by molar-refractivity contribution is -0.384. The van der Waals surface area contributed by atoms with Gasteiger partial charge in [0.1, 0.15) is 11.4 Å². The molecule has 4 aromatic rings. The lowest BCUT2D eigenvalue weighted by Gasteiger charge is -2.09. The van der Waals surface area contributed by atoms with Gasteiger partial charge >= 0.3 is 0 Å². The van der Waals surface area contributed by atoms with Crippen LogP contribution in [0.2, 0.25) is 10.0 Å². The highest BCUT2D eigenvalue weighted by molar-refractivity contribution is 6.35. The Morgan fingerprint density at radius 3 is 2.40 bits per heavy atom. The van der Waals surface area contributed by atoms with Gasteiger partial charge in [0, 0.05) is 34.3 Å². The number of aromatic nitrogens is 2. The van der Waals surface area contributed by atoms with Crippen molar-refractivity contribution in [3.63, 3.8) is 0 Å². The summed E-state index contributed by atoms with van der Waals surface area (Å²) in [5, 5.41) is 19.6. The van der Waals surface area contributed by atoms with Crippen LogP contribution in [0.3, 0.4) is 0 Å². The zero-order valence-corrected chi connectivity index (χ0v) is 20.1. The standard InChI is InChI=1S/C25H20Cl2N4O4/c1-35-21-10-3-17(4-11-21)23-15-24(30(29-23)19-6-8-20(9-7-19)31(33)34)25(32)28-13-12-16-2-5-18(26)14-22(16)27/h2-11,14-15H,12-13H2,1H3,(H,28,32). The molecule has 0 fully saturated rings. The zero-order valence-electron chi connectivity index (χ0n) is 18.6. The minimum atomic E-state index is -0.481. The second-order valence-corrected chi connectivity index (χ2v) is 8.41. The molecule has 10 heteroatoms. The van der Waals surface area contributed by atoms with Crippen LogP contribution in [0.5, 0.6) is 5.75 Å². The summed E-state index contributed by atoms with van der Waals surface area (Å²) < 4.78 is 6.67. The minimum absolute atomic E-state index is 0.0536. The smallest absolute Gasteiger partial charge is 0.270 e. The van der Waals surface area contributed by atoms with E-state index in [1.807, 2.05) is 18.2 Å². The Balaban J connectivity index is 1.61. The van der Waals surface area contributed by atoms with E-state index in [4.69, 9.17) is 27.9 Å². The second kappa shape index (κ2) is 10.6. The predicted molar refractivity (Wildman–Crippen MR) is 135 cm³/mol. The van der Waals surface area contributed by atoms with E-state index in [0.717, 1.165) is 11.1 Å². The number of methoxy groups -OCH3 is 1. The maximum Gasteiger partial charge on any atom is 0.270 e. The van der Waals surface area contributed by atoms with Crippen molar-refractivity contribution in [3.05, 3.63) is 104 Å². The maximum atomic E-state index is 13.1. The molecular formula is C25H20Cl2N4O4. The number of ether oxygens (including phenoxy) is 1. The van der Waals surface area contributed by atoms with Crippen molar-refractivity contribution in [3.8, 4) is 22.7 Å². The van der Waals surface area contributed by atoms with E-state index in [-0.39, 0.29) is 17.3 Å². The number of nitrogens with one attached hydrogen (secondary N) is 1. The third-order valence-corrected chi connectivity index (χ3v) is 5.91. The first-order chi connectivity index (χ1) is 16.9. The third kappa shape index (κ3) is 5.62. The Kier molecular flexibility index (Phi) is 7.33. The summed E-state index contributed by atoms with van der Waals surface area (Å²) in [5.74, 6) is 0.350. The van der Waals surface area contributed by atoms with Gasteiger partial charge in [-0.05, 0) is 66.6 Å². The van der Waals surface area contributed by atoms with Crippen molar-refractivity contribution >= 4 is 34.8 Å². The second-order valence-electron chi connectivity index (χ2n) is 7.57. The van der Waals surface area contributed by atoms with Crippen molar-refractivity contribution in [1.29, 1.82) is 0 Å². The van der Waals surface area contributed by atoms with Crippen molar-refractivity contribution in [2.75, 3.05) is 13.7 Å². The third-order valence-electron chi connectivity index (χ3n) is 5.33. The lowest BCUT2D eigenvalue weighted by Crippen LogP contribution is -2.27. The van der Waals surface area contributed by atoms with Crippen LogP contribution in [0.15, 0.2) is 72.8 Å². The largest absolute Gasteiger partial charge is 0.497 e. The summed E-state index contributed by atoms with van der Waals surface area (Å²) in [5.41, 5.74) is 2.96. The number of nitrogens with zero attached hydrogens (tertiary/aromatic N) is 3. The average Bonchev–Trinajstić information content (AvgIpc) is 3.31. The van der Waals surface area contributed by atoms with Crippen LogP contribution in [-0.4, -0.2) is 34.3 Å². The summed E-state index contributed by atoms with van der Waals surface area (Å²) in [6, 6.07) is 20.0. The molecule has 0 bridgehead atoms. The molecule has 1 N–H and O–H groups in total. The number of rotatable bonds is 8. The summed E-state index contributed by atoms with van der Waals surface area (Å²) >= 11 is 12.2.